The van der Waals surface area contributed by atoms with Crippen molar-refractivity contribution < 1.29 is 9.53 Å². The quantitative estimate of drug-likeness (QED) is 0.222. The van der Waals surface area contributed by atoms with Gasteiger partial charge in [-0.15, -0.1) is 5.10 Å². The van der Waals surface area contributed by atoms with Gasteiger partial charge >= 0.3 is 0 Å². The number of imidazole rings is 1. The van der Waals surface area contributed by atoms with Gasteiger partial charge in [0.2, 0.25) is 0 Å². The largest absolute Gasteiger partial charge is 0.494 e. The Kier molecular flexibility index (Phi) is 7.83. The number of aromatic nitrogens is 6. The molecule has 48 heavy (non-hydrogen) atoms. The van der Waals surface area contributed by atoms with Gasteiger partial charge in [0.15, 0.2) is 5.82 Å². The molecule has 1 amide bonds. The third kappa shape index (κ3) is 5.38. The van der Waals surface area contributed by atoms with Crippen molar-refractivity contribution in [2.24, 2.45) is 30.4 Å². The minimum Gasteiger partial charge on any atom is -0.494 e. The first-order valence-electron chi connectivity index (χ1n) is 17.4. The molecule has 250 valence electrons. The van der Waals surface area contributed by atoms with Gasteiger partial charge in [-0.05, 0) is 75.6 Å². The Balaban J connectivity index is 1.22. The summed E-state index contributed by atoms with van der Waals surface area (Å²) in [5, 5.41) is 10.4. The highest BCUT2D eigenvalue weighted by atomic mass is 16.5. The van der Waals surface area contributed by atoms with Crippen LogP contribution in [0.25, 0.3) is 39.1 Å². The maximum absolute atomic E-state index is 13.9. The maximum atomic E-state index is 13.9. The number of methoxy groups -OCH3 is 1. The number of carbonyl (C=O) groups excluding carboxylic acids is 1. The molecule has 4 heterocycles. The normalized spacial score (nSPS) is 23.0. The molecule has 3 aromatic heterocycles. The number of para-hydroxylation sites is 1. The van der Waals surface area contributed by atoms with Crippen LogP contribution < -0.4 is 16.2 Å². The number of ether oxygens (including phenoxy) is 1. The molecule has 4 N–H and O–H groups in total. The number of aryl methyl sites for hydroxylation is 1. The summed E-state index contributed by atoms with van der Waals surface area (Å²) in [5.74, 6) is 2.56. The number of rotatable bonds is 8. The van der Waals surface area contributed by atoms with Crippen molar-refractivity contribution in [3.63, 3.8) is 0 Å². The molecule has 5 aromatic rings. The van der Waals surface area contributed by atoms with Crippen LogP contribution in [0.15, 0.2) is 54.7 Å². The minimum absolute atomic E-state index is 0.0179. The summed E-state index contributed by atoms with van der Waals surface area (Å²) in [6.07, 6.45) is 12.9. The molecule has 0 saturated heterocycles. The molecule has 11 nitrogen and oxygen atoms in total. The number of hydrogen-bond acceptors (Lipinski definition) is 7. The van der Waals surface area contributed by atoms with Crippen LogP contribution >= 0.6 is 0 Å². The molecule has 1 unspecified atom stereocenters. The summed E-state index contributed by atoms with van der Waals surface area (Å²) in [7, 11) is 3.68. The molecule has 8 rings (SSSR count). The van der Waals surface area contributed by atoms with Crippen molar-refractivity contribution in [1.29, 1.82) is 0 Å². The summed E-state index contributed by atoms with van der Waals surface area (Å²) >= 11 is 0. The van der Waals surface area contributed by atoms with Gasteiger partial charge in [0.25, 0.3) is 5.91 Å². The summed E-state index contributed by atoms with van der Waals surface area (Å²) in [5.41, 5.74) is 18.5. The molecule has 2 aromatic carbocycles. The monoisotopic (exact) mass is 647 g/mol. The van der Waals surface area contributed by atoms with E-state index in [-0.39, 0.29) is 17.9 Å². The van der Waals surface area contributed by atoms with E-state index in [1.54, 1.807) is 7.11 Å². The molecule has 0 radical (unpaired) electrons. The minimum atomic E-state index is -0.0477. The van der Waals surface area contributed by atoms with Crippen LogP contribution in [-0.4, -0.2) is 72.2 Å². The zero-order valence-corrected chi connectivity index (χ0v) is 28.0. The van der Waals surface area contributed by atoms with E-state index < -0.39 is 0 Å². The van der Waals surface area contributed by atoms with E-state index in [0.717, 1.165) is 77.1 Å². The van der Waals surface area contributed by atoms with Crippen molar-refractivity contribution >= 4 is 27.8 Å². The fourth-order valence-electron chi connectivity index (χ4n) is 7.73. The van der Waals surface area contributed by atoms with E-state index in [2.05, 4.69) is 62.1 Å². The van der Waals surface area contributed by atoms with Gasteiger partial charge in [-0.25, -0.2) is 9.67 Å². The fourth-order valence-corrected chi connectivity index (χ4v) is 7.73. The van der Waals surface area contributed by atoms with Crippen LogP contribution in [0.3, 0.4) is 0 Å². The second-order valence-corrected chi connectivity index (χ2v) is 14.1. The average molecular weight is 648 g/mol. The highest BCUT2D eigenvalue weighted by molar-refractivity contribution is 6.00. The Labute approximate surface area is 280 Å². The van der Waals surface area contributed by atoms with Gasteiger partial charge in [-0.3, -0.25) is 4.79 Å². The lowest BCUT2D eigenvalue weighted by atomic mass is 9.85. The number of carbonyl (C=O) groups is 1. The maximum Gasteiger partial charge on any atom is 0.254 e. The van der Waals surface area contributed by atoms with Crippen molar-refractivity contribution in [2.75, 3.05) is 20.2 Å². The van der Waals surface area contributed by atoms with E-state index >= 15 is 0 Å². The van der Waals surface area contributed by atoms with E-state index in [1.807, 2.05) is 35.7 Å². The van der Waals surface area contributed by atoms with Crippen molar-refractivity contribution in [2.45, 2.75) is 70.0 Å². The smallest absolute Gasteiger partial charge is 0.254 e. The first-order chi connectivity index (χ1) is 23.3. The van der Waals surface area contributed by atoms with Crippen molar-refractivity contribution in [3.05, 3.63) is 66.0 Å². The highest BCUT2D eigenvalue weighted by Crippen LogP contribution is 2.40. The molecule has 1 aliphatic heterocycles. The van der Waals surface area contributed by atoms with Gasteiger partial charge in [0.05, 0.1) is 41.4 Å². The van der Waals surface area contributed by atoms with Gasteiger partial charge in [0, 0.05) is 61.6 Å². The number of amides is 1. The first-order valence-corrected chi connectivity index (χ1v) is 17.4. The molecule has 11 heteroatoms. The first kappa shape index (κ1) is 30.8. The number of benzene rings is 2. The molecular weight excluding hydrogens is 602 g/mol. The second kappa shape index (κ2) is 12.2. The molecule has 0 bridgehead atoms. The van der Waals surface area contributed by atoms with Crippen LogP contribution in [0.4, 0.5) is 0 Å². The number of hydrogen-bond donors (Lipinski definition) is 2. The molecular formula is C37H45N9O2. The summed E-state index contributed by atoms with van der Waals surface area (Å²) in [6.45, 7) is 4.02. The van der Waals surface area contributed by atoms with Crippen molar-refractivity contribution in [3.8, 4) is 23.0 Å². The Morgan fingerprint density at radius 3 is 2.60 bits per heavy atom. The van der Waals surface area contributed by atoms with Crippen LogP contribution in [0.2, 0.25) is 0 Å². The zero-order chi connectivity index (χ0) is 33.1. The summed E-state index contributed by atoms with van der Waals surface area (Å²) in [6, 6.07) is 12.6. The Bertz CT molecular complexity index is 2020. The lowest BCUT2D eigenvalue weighted by Crippen LogP contribution is -2.44. The summed E-state index contributed by atoms with van der Waals surface area (Å²) in [4.78, 5) is 21.0. The molecule has 2 saturated carbocycles. The van der Waals surface area contributed by atoms with Crippen molar-refractivity contribution in [1.82, 2.24) is 34.0 Å². The fraction of sp³-hybridized carbons (Fsp3) is 0.459. The predicted molar refractivity (Wildman–Crippen MR) is 187 cm³/mol. The van der Waals surface area contributed by atoms with Gasteiger partial charge in [-0.1, -0.05) is 29.5 Å². The predicted octanol–water partition coefficient (Wildman–Crippen LogP) is 5.15. The van der Waals surface area contributed by atoms with Gasteiger partial charge in [0.1, 0.15) is 11.3 Å². The molecule has 2 atom stereocenters. The van der Waals surface area contributed by atoms with Crippen LogP contribution in [0.1, 0.15) is 67.4 Å². The topological polar surface area (TPSA) is 135 Å². The van der Waals surface area contributed by atoms with Gasteiger partial charge in [-0.2, -0.15) is 0 Å². The lowest BCUT2D eigenvalue weighted by molar-refractivity contribution is 0.0693. The number of nitrogens with zero attached hydrogens (tertiary/aromatic N) is 7. The van der Waals surface area contributed by atoms with Crippen LogP contribution in [0, 0.1) is 11.8 Å². The molecule has 3 aliphatic rings. The molecule has 2 aliphatic carbocycles. The lowest BCUT2D eigenvalue weighted by Gasteiger charge is -2.33. The third-order valence-corrected chi connectivity index (χ3v) is 10.8. The Morgan fingerprint density at radius 2 is 1.85 bits per heavy atom. The summed E-state index contributed by atoms with van der Waals surface area (Å²) < 4.78 is 12.4. The molecule has 2 fully saturated rings. The average Bonchev–Trinajstić information content (AvgIpc) is 3.50. The van der Waals surface area contributed by atoms with Crippen LogP contribution in [-0.2, 0) is 13.6 Å². The Morgan fingerprint density at radius 1 is 1.04 bits per heavy atom. The van der Waals surface area contributed by atoms with E-state index in [1.165, 1.54) is 12.8 Å². The molecule has 0 spiro atoms. The van der Waals surface area contributed by atoms with E-state index in [9.17, 15) is 4.79 Å². The number of nitrogens with two attached hydrogens (primary N) is 2. The standard InChI is InChI=1S/C37H45N9O2/c1-22-7-8-24(18-38)20-44(22)37(47)27-15-29-35(33(17-27)48-3)43(2)36(40-29)32-16-26-5-4-6-31(34(26)45(32)19-23-9-10-23)46-21-30(41-42-46)25-11-13-28(39)14-12-25/h4-8,15-17,21-25,28H,9-14,18-20,38-39H2,1-3H3/t22-,24?,25-,28-/m0/s1. The Hall–Kier alpha value is -4.48. The second-order valence-electron chi connectivity index (χ2n) is 14.1. The third-order valence-electron chi connectivity index (χ3n) is 10.8. The van der Waals surface area contributed by atoms with Crippen LogP contribution in [0.5, 0.6) is 5.75 Å². The van der Waals surface area contributed by atoms with E-state index in [4.69, 9.17) is 21.2 Å². The number of fused-ring (bicyclic) bond motifs is 2. The van der Waals surface area contributed by atoms with E-state index in [0.29, 0.717) is 42.3 Å². The SMILES string of the molecule is COc1cc(C(=O)N2CC(CN)C=C[C@@H]2C)cc2nc(-c3cc4cccc(-n5cc([C@H]6CC[C@H](N)CC6)nn5)c4n3CC3CC3)n(C)c12. The highest BCUT2D eigenvalue weighted by Gasteiger charge is 2.30. The van der Waals surface area contributed by atoms with Gasteiger partial charge < -0.3 is 30.2 Å². The zero-order valence-electron chi connectivity index (χ0n) is 28.0.